The van der Waals surface area contributed by atoms with Crippen molar-refractivity contribution < 1.29 is 9.59 Å². The van der Waals surface area contributed by atoms with Crippen LogP contribution in [0.25, 0.3) is 0 Å². The van der Waals surface area contributed by atoms with E-state index in [1.165, 1.54) is 19.3 Å². The number of rotatable bonds is 3. The largest absolute Gasteiger partial charge is 0.337 e. The van der Waals surface area contributed by atoms with Crippen LogP contribution in [-0.2, 0) is 11.8 Å². The van der Waals surface area contributed by atoms with Gasteiger partial charge in [0.2, 0.25) is 5.91 Å². The van der Waals surface area contributed by atoms with Crippen LogP contribution in [0.5, 0.6) is 0 Å². The Balaban J connectivity index is 1.52. The molecule has 4 heterocycles. The molecule has 0 spiro atoms. The van der Waals surface area contributed by atoms with E-state index < -0.39 is 0 Å². The maximum atomic E-state index is 12.8. The zero-order valence-electron chi connectivity index (χ0n) is 13.6. The molecule has 2 atom stereocenters. The molecule has 1 aromatic heterocycles. The summed E-state index contributed by atoms with van der Waals surface area (Å²) in [5.74, 6) is 0.943. The minimum Gasteiger partial charge on any atom is -0.337 e. The fourth-order valence-corrected chi connectivity index (χ4v) is 4.11. The van der Waals surface area contributed by atoms with Crippen LogP contribution in [0.2, 0.25) is 0 Å². The third-order valence-corrected chi connectivity index (χ3v) is 5.71. The van der Waals surface area contributed by atoms with Crippen LogP contribution < -0.4 is 0 Å². The van der Waals surface area contributed by atoms with Crippen LogP contribution in [0.4, 0.5) is 0 Å². The van der Waals surface area contributed by atoms with Gasteiger partial charge in [0.05, 0.1) is 17.7 Å². The van der Waals surface area contributed by atoms with Gasteiger partial charge < -0.3 is 9.80 Å². The van der Waals surface area contributed by atoms with Crippen molar-refractivity contribution >= 4 is 11.8 Å². The van der Waals surface area contributed by atoms with Crippen LogP contribution in [0.3, 0.4) is 0 Å². The molecule has 3 saturated heterocycles. The van der Waals surface area contributed by atoms with Crippen molar-refractivity contribution in [3.63, 3.8) is 0 Å². The van der Waals surface area contributed by atoms with E-state index in [1.807, 2.05) is 11.9 Å². The molecule has 23 heavy (non-hydrogen) atoms. The lowest BCUT2D eigenvalue weighted by atomic mass is 9.83. The highest BCUT2D eigenvalue weighted by molar-refractivity contribution is 5.94. The second-order valence-corrected chi connectivity index (χ2v) is 7.33. The lowest BCUT2D eigenvalue weighted by molar-refractivity contribution is -0.141. The van der Waals surface area contributed by atoms with Gasteiger partial charge in [-0.15, -0.1) is 0 Å². The number of nitrogens with zero attached hydrogens (tertiary/aromatic N) is 4. The molecule has 6 nitrogen and oxygen atoms in total. The fourth-order valence-electron chi connectivity index (χ4n) is 4.11. The lowest BCUT2D eigenvalue weighted by Gasteiger charge is -2.40. The molecule has 0 unspecified atom stereocenters. The second-order valence-electron chi connectivity index (χ2n) is 7.33. The van der Waals surface area contributed by atoms with Crippen LogP contribution >= 0.6 is 0 Å². The zero-order valence-corrected chi connectivity index (χ0v) is 13.6. The van der Waals surface area contributed by atoms with Crippen molar-refractivity contribution in [3.8, 4) is 0 Å². The van der Waals surface area contributed by atoms with Gasteiger partial charge in [-0.2, -0.15) is 5.10 Å². The van der Waals surface area contributed by atoms with E-state index in [-0.39, 0.29) is 23.8 Å². The van der Waals surface area contributed by atoms with Crippen LogP contribution in [0, 0.1) is 11.8 Å². The van der Waals surface area contributed by atoms with Gasteiger partial charge in [0, 0.05) is 38.9 Å². The number of fused-ring (bicyclic) bond motifs is 4. The molecule has 124 valence electrons. The molecule has 4 fully saturated rings. The first-order valence-corrected chi connectivity index (χ1v) is 8.70. The zero-order chi connectivity index (χ0) is 16.0. The Labute approximate surface area is 136 Å². The molecular weight excluding hydrogens is 292 g/mol. The molecule has 1 saturated carbocycles. The normalized spacial score (nSPS) is 28.0. The van der Waals surface area contributed by atoms with E-state index in [1.54, 1.807) is 17.1 Å². The van der Waals surface area contributed by atoms with Gasteiger partial charge >= 0.3 is 0 Å². The van der Waals surface area contributed by atoms with Crippen molar-refractivity contribution in [3.05, 3.63) is 18.0 Å². The molecular formula is C17H24N4O2. The summed E-state index contributed by atoms with van der Waals surface area (Å²) in [4.78, 5) is 29.5. The van der Waals surface area contributed by atoms with E-state index >= 15 is 0 Å². The summed E-state index contributed by atoms with van der Waals surface area (Å²) >= 11 is 0. The lowest BCUT2D eigenvalue weighted by Crippen LogP contribution is -2.50. The summed E-state index contributed by atoms with van der Waals surface area (Å²) in [5.41, 5.74) is 0.617. The fraction of sp³-hybridized carbons (Fsp3) is 0.706. The first-order chi connectivity index (χ1) is 11.1. The molecule has 1 aliphatic carbocycles. The minimum atomic E-state index is -0.0190. The number of aryl methyl sites for hydroxylation is 1. The van der Waals surface area contributed by atoms with Gasteiger partial charge in [-0.3, -0.25) is 14.3 Å². The van der Waals surface area contributed by atoms with Crippen molar-refractivity contribution in [2.45, 2.75) is 38.1 Å². The number of carbonyl (C=O) groups excluding carboxylic acids is 2. The monoisotopic (exact) mass is 316 g/mol. The molecule has 0 N–H and O–H groups in total. The number of hydrogen-bond donors (Lipinski definition) is 0. The number of carbonyl (C=O) groups is 2. The predicted molar refractivity (Wildman–Crippen MR) is 84.7 cm³/mol. The SMILES string of the molecule is Cn1cc(C(=O)N2C[C@@H]3CC[C@H](C2)N(CC2CCC2)C3=O)cn1. The van der Waals surface area contributed by atoms with Gasteiger partial charge in [-0.05, 0) is 31.6 Å². The summed E-state index contributed by atoms with van der Waals surface area (Å²) in [7, 11) is 1.81. The standard InChI is InChI=1S/C17H24N4O2/c1-19-9-14(7-18-19)16(22)20-10-13-5-6-15(11-20)21(17(13)23)8-12-3-2-4-12/h7,9,12-13,15H,2-6,8,10-11H2,1H3/t13-,15+/m0/s1. The molecule has 2 bridgehead atoms. The number of aromatic nitrogens is 2. The number of amides is 2. The topological polar surface area (TPSA) is 58.4 Å². The van der Waals surface area contributed by atoms with Gasteiger partial charge in [0.15, 0.2) is 0 Å². The molecule has 0 aromatic carbocycles. The van der Waals surface area contributed by atoms with E-state index in [4.69, 9.17) is 0 Å². The van der Waals surface area contributed by atoms with E-state index in [0.717, 1.165) is 19.4 Å². The average Bonchev–Trinajstić information content (AvgIpc) is 2.75. The van der Waals surface area contributed by atoms with E-state index in [2.05, 4.69) is 10.00 Å². The van der Waals surface area contributed by atoms with E-state index in [0.29, 0.717) is 24.6 Å². The third kappa shape index (κ3) is 2.64. The molecule has 3 aliphatic heterocycles. The van der Waals surface area contributed by atoms with Crippen LogP contribution in [0.1, 0.15) is 42.5 Å². The summed E-state index contributed by atoms with van der Waals surface area (Å²) in [6, 6.07) is 0.197. The molecule has 2 amide bonds. The summed E-state index contributed by atoms with van der Waals surface area (Å²) in [6.45, 7) is 2.13. The minimum absolute atomic E-state index is 0.00768. The van der Waals surface area contributed by atoms with Crippen LogP contribution in [0.15, 0.2) is 12.4 Å². The smallest absolute Gasteiger partial charge is 0.257 e. The predicted octanol–water partition coefficient (Wildman–Crippen LogP) is 1.28. The molecule has 4 aliphatic rings. The van der Waals surface area contributed by atoms with Gasteiger partial charge in [-0.1, -0.05) is 6.42 Å². The first kappa shape index (κ1) is 14.7. The van der Waals surface area contributed by atoms with E-state index in [9.17, 15) is 9.59 Å². The highest BCUT2D eigenvalue weighted by Gasteiger charge is 2.43. The van der Waals surface area contributed by atoms with Crippen molar-refractivity contribution in [2.75, 3.05) is 19.6 Å². The highest BCUT2D eigenvalue weighted by atomic mass is 16.2. The maximum Gasteiger partial charge on any atom is 0.257 e. The summed E-state index contributed by atoms with van der Waals surface area (Å²) < 4.78 is 1.65. The Hall–Kier alpha value is -1.85. The molecule has 5 rings (SSSR count). The Bertz CT molecular complexity index is 622. The summed E-state index contributed by atoms with van der Waals surface area (Å²) in [5, 5.41) is 4.09. The summed E-state index contributed by atoms with van der Waals surface area (Å²) in [6.07, 6.45) is 9.11. The average molecular weight is 316 g/mol. The third-order valence-electron chi connectivity index (χ3n) is 5.71. The Kier molecular flexibility index (Phi) is 3.62. The number of hydrogen-bond acceptors (Lipinski definition) is 3. The molecule has 1 aromatic rings. The quantitative estimate of drug-likeness (QED) is 0.844. The Morgan fingerprint density at radius 2 is 2.09 bits per heavy atom. The van der Waals surface area contributed by atoms with Gasteiger partial charge in [-0.25, -0.2) is 0 Å². The van der Waals surface area contributed by atoms with Gasteiger partial charge in [0.1, 0.15) is 0 Å². The van der Waals surface area contributed by atoms with Crippen LogP contribution in [-0.4, -0.2) is 57.1 Å². The second kappa shape index (κ2) is 5.65. The van der Waals surface area contributed by atoms with Crippen molar-refractivity contribution in [1.82, 2.24) is 19.6 Å². The van der Waals surface area contributed by atoms with Crippen molar-refractivity contribution in [1.29, 1.82) is 0 Å². The highest BCUT2D eigenvalue weighted by Crippen LogP contribution is 2.34. The van der Waals surface area contributed by atoms with Gasteiger partial charge in [0.25, 0.3) is 5.91 Å². The first-order valence-electron chi connectivity index (χ1n) is 8.70. The number of piperidine rings is 1. The molecule has 0 radical (unpaired) electrons. The van der Waals surface area contributed by atoms with Crippen molar-refractivity contribution in [2.24, 2.45) is 18.9 Å². The maximum absolute atomic E-state index is 12.8. The molecule has 6 heteroatoms. The Morgan fingerprint density at radius 3 is 2.74 bits per heavy atom. The Morgan fingerprint density at radius 1 is 1.26 bits per heavy atom.